The maximum absolute atomic E-state index is 11.9. The third-order valence-corrected chi connectivity index (χ3v) is 2.83. The highest BCUT2D eigenvalue weighted by molar-refractivity contribution is 6.04. The number of hydrogen-bond donors (Lipinski definition) is 3. The fraction of sp³-hybridized carbons (Fsp3) is 0.385. The molecule has 0 unspecified atom stereocenters. The van der Waals surface area contributed by atoms with Gasteiger partial charge >= 0.3 is 5.97 Å². The summed E-state index contributed by atoms with van der Waals surface area (Å²) < 4.78 is 0. The molecule has 0 fully saturated rings. The number of rotatable bonds is 3. The monoisotopic (exact) mass is 263 g/mol. The minimum absolute atomic E-state index is 0.0749. The van der Waals surface area contributed by atoms with Crippen molar-refractivity contribution in [2.24, 2.45) is 5.73 Å². The molecule has 2 rings (SSSR count). The molecule has 0 radical (unpaired) electrons. The summed E-state index contributed by atoms with van der Waals surface area (Å²) in [5, 5.41) is 11.9. The Hall–Kier alpha value is -2.08. The van der Waals surface area contributed by atoms with Gasteiger partial charge in [-0.1, -0.05) is 0 Å². The van der Waals surface area contributed by atoms with Gasteiger partial charge in [-0.05, 0) is 32.0 Å². The van der Waals surface area contributed by atoms with E-state index < -0.39 is 11.5 Å². The van der Waals surface area contributed by atoms with Crippen molar-refractivity contribution in [1.29, 1.82) is 0 Å². The molecule has 102 valence electrons. The minimum Gasteiger partial charge on any atom is -0.478 e. The van der Waals surface area contributed by atoms with Crippen LogP contribution < -0.4 is 16.0 Å². The third-order valence-electron chi connectivity index (χ3n) is 2.83. The Morgan fingerprint density at radius 3 is 2.79 bits per heavy atom. The molecule has 1 aromatic rings. The van der Waals surface area contributed by atoms with Crippen LogP contribution in [0.3, 0.4) is 0 Å². The largest absolute Gasteiger partial charge is 0.478 e. The quantitative estimate of drug-likeness (QED) is 0.752. The average Bonchev–Trinajstić information content (AvgIpc) is 2.31. The molecule has 1 aromatic carbocycles. The summed E-state index contributed by atoms with van der Waals surface area (Å²) in [4.78, 5) is 24.5. The molecule has 0 bridgehead atoms. The number of nitrogens with one attached hydrogen (secondary N) is 1. The van der Waals surface area contributed by atoms with Crippen LogP contribution in [0.1, 0.15) is 24.2 Å². The Morgan fingerprint density at radius 1 is 1.53 bits per heavy atom. The zero-order chi connectivity index (χ0) is 14.2. The highest BCUT2D eigenvalue weighted by atomic mass is 16.4. The van der Waals surface area contributed by atoms with Gasteiger partial charge in [-0.15, -0.1) is 0 Å². The van der Waals surface area contributed by atoms with Gasteiger partial charge in [0, 0.05) is 12.1 Å². The van der Waals surface area contributed by atoms with E-state index in [1.54, 1.807) is 11.0 Å². The predicted octanol–water partition coefficient (Wildman–Crippen LogP) is 0.881. The van der Waals surface area contributed by atoms with Crippen molar-refractivity contribution in [3.05, 3.63) is 23.8 Å². The Balaban J connectivity index is 2.39. The average molecular weight is 263 g/mol. The van der Waals surface area contributed by atoms with Crippen LogP contribution >= 0.6 is 0 Å². The van der Waals surface area contributed by atoms with Crippen molar-refractivity contribution >= 4 is 23.3 Å². The lowest BCUT2D eigenvalue weighted by atomic mass is 10.0. The van der Waals surface area contributed by atoms with E-state index in [0.29, 0.717) is 17.9 Å². The molecule has 1 heterocycles. The smallest absolute Gasteiger partial charge is 0.335 e. The van der Waals surface area contributed by atoms with Crippen molar-refractivity contribution < 1.29 is 14.7 Å². The number of fused-ring (bicyclic) bond motifs is 1. The highest BCUT2D eigenvalue weighted by Crippen LogP contribution is 2.31. The van der Waals surface area contributed by atoms with E-state index in [2.05, 4.69) is 5.32 Å². The number of hydrogen-bond acceptors (Lipinski definition) is 4. The number of nitrogens with two attached hydrogens (primary N) is 1. The highest BCUT2D eigenvalue weighted by Gasteiger charge is 2.28. The molecule has 0 aromatic heterocycles. The van der Waals surface area contributed by atoms with Gasteiger partial charge in [-0.3, -0.25) is 4.79 Å². The number of aromatic carboxylic acids is 1. The van der Waals surface area contributed by atoms with E-state index in [-0.39, 0.29) is 18.0 Å². The van der Waals surface area contributed by atoms with Crippen molar-refractivity contribution in [3.63, 3.8) is 0 Å². The minimum atomic E-state index is -0.993. The summed E-state index contributed by atoms with van der Waals surface area (Å²) in [5.74, 6) is -1.07. The van der Waals surface area contributed by atoms with Crippen molar-refractivity contribution in [3.8, 4) is 0 Å². The van der Waals surface area contributed by atoms with E-state index >= 15 is 0 Å². The standard InChI is InChI=1S/C13H17N3O3/c1-13(2,14)7-16-10-4-3-8(12(18)19)5-9(10)15-6-11(16)17/h3-5,15H,6-7,14H2,1-2H3,(H,18,19). The molecule has 0 atom stereocenters. The first-order valence-electron chi connectivity index (χ1n) is 5.98. The Morgan fingerprint density at radius 2 is 2.21 bits per heavy atom. The number of nitrogens with zero attached hydrogens (tertiary/aromatic N) is 1. The zero-order valence-corrected chi connectivity index (χ0v) is 10.9. The molecule has 6 nitrogen and oxygen atoms in total. The number of carboxylic acids is 1. The van der Waals surface area contributed by atoms with Gasteiger partial charge in [0.25, 0.3) is 0 Å². The van der Waals surface area contributed by atoms with E-state index in [9.17, 15) is 9.59 Å². The van der Waals surface area contributed by atoms with Crippen molar-refractivity contribution in [2.75, 3.05) is 23.3 Å². The first-order chi connectivity index (χ1) is 8.78. The van der Waals surface area contributed by atoms with Gasteiger partial charge in [-0.2, -0.15) is 0 Å². The van der Waals surface area contributed by atoms with Crippen molar-refractivity contribution in [1.82, 2.24) is 0 Å². The van der Waals surface area contributed by atoms with Crippen LogP contribution in [0, 0.1) is 0 Å². The molecule has 1 aliphatic heterocycles. The van der Waals surface area contributed by atoms with Crippen molar-refractivity contribution in [2.45, 2.75) is 19.4 Å². The van der Waals surface area contributed by atoms with Crippen LogP contribution in [0.5, 0.6) is 0 Å². The number of amides is 1. The number of carboxylic acid groups (broad SMARTS) is 1. The van der Waals surface area contributed by atoms with E-state index in [0.717, 1.165) is 0 Å². The van der Waals surface area contributed by atoms with Crippen LogP contribution in [-0.2, 0) is 4.79 Å². The lowest BCUT2D eigenvalue weighted by Crippen LogP contribution is -2.51. The van der Waals surface area contributed by atoms with Gasteiger partial charge in [-0.25, -0.2) is 4.79 Å². The third kappa shape index (κ3) is 2.85. The number of anilines is 2. The molecule has 6 heteroatoms. The summed E-state index contributed by atoms with van der Waals surface area (Å²) in [6, 6.07) is 4.65. The van der Waals surface area contributed by atoms with Gasteiger partial charge in [0.05, 0.1) is 23.5 Å². The fourth-order valence-electron chi connectivity index (χ4n) is 2.03. The Labute approximate surface area is 111 Å². The molecule has 0 saturated carbocycles. The molecule has 0 saturated heterocycles. The molecule has 1 amide bonds. The van der Waals surface area contributed by atoms with E-state index in [1.807, 2.05) is 13.8 Å². The predicted molar refractivity (Wildman–Crippen MR) is 72.5 cm³/mol. The summed E-state index contributed by atoms with van der Waals surface area (Å²) in [7, 11) is 0. The molecule has 0 aliphatic carbocycles. The van der Waals surface area contributed by atoms with E-state index in [4.69, 9.17) is 10.8 Å². The molecular weight excluding hydrogens is 246 g/mol. The number of carbonyl (C=O) groups excluding carboxylic acids is 1. The first-order valence-corrected chi connectivity index (χ1v) is 5.98. The second-order valence-corrected chi connectivity index (χ2v) is 5.36. The topological polar surface area (TPSA) is 95.7 Å². The normalized spacial score (nSPS) is 14.9. The fourth-order valence-corrected chi connectivity index (χ4v) is 2.03. The molecule has 1 aliphatic rings. The SMILES string of the molecule is CC(C)(N)CN1C(=O)CNc2cc(C(=O)O)ccc21. The molecule has 0 spiro atoms. The van der Waals surface area contributed by atoms with Crippen LogP contribution in [0.4, 0.5) is 11.4 Å². The summed E-state index contributed by atoms with van der Waals surface area (Å²) in [6.07, 6.45) is 0. The van der Waals surface area contributed by atoms with Crippen LogP contribution in [0.25, 0.3) is 0 Å². The maximum Gasteiger partial charge on any atom is 0.335 e. The van der Waals surface area contributed by atoms with Crippen LogP contribution in [0.2, 0.25) is 0 Å². The number of benzene rings is 1. The number of carbonyl (C=O) groups is 2. The first kappa shape index (κ1) is 13.4. The molecule has 4 N–H and O–H groups in total. The zero-order valence-electron chi connectivity index (χ0n) is 10.9. The Kier molecular flexibility index (Phi) is 3.20. The van der Waals surface area contributed by atoms with Gasteiger partial charge in [0.1, 0.15) is 0 Å². The summed E-state index contributed by atoms with van der Waals surface area (Å²) in [6.45, 7) is 4.21. The van der Waals surface area contributed by atoms with Gasteiger partial charge in [0.2, 0.25) is 5.91 Å². The maximum atomic E-state index is 11.9. The Bertz CT molecular complexity index is 534. The molecular formula is C13H17N3O3. The van der Waals surface area contributed by atoms with E-state index in [1.165, 1.54) is 12.1 Å². The molecule has 19 heavy (non-hydrogen) atoms. The van der Waals surface area contributed by atoms with Crippen LogP contribution in [0.15, 0.2) is 18.2 Å². The lowest BCUT2D eigenvalue weighted by molar-refractivity contribution is -0.117. The second-order valence-electron chi connectivity index (χ2n) is 5.36. The summed E-state index contributed by atoms with van der Waals surface area (Å²) in [5.41, 5.74) is 6.93. The lowest BCUT2D eigenvalue weighted by Gasteiger charge is -2.34. The summed E-state index contributed by atoms with van der Waals surface area (Å²) >= 11 is 0. The second kappa shape index (κ2) is 4.55. The van der Waals surface area contributed by atoms with Gasteiger partial charge in [0.15, 0.2) is 0 Å². The van der Waals surface area contributed by atoms with Gasteiger partial charge < -0.3 is 21.1 Å². The van der Waals surface area contributed by atoms with Crippen LogP contribution in [-0.4, -0.2) is 35.6 Å².